The standard InChI is InChI=1S/C7H7BrO2S/c1-10-7(9)5-2-6(3-8)11-4-5/h2,4H,3H2,1H3. The number of alkyl halides is 1. The third-order valence-electron chi connectivity index (χ3n) is 1.21. The molecule has 0 N–H and O–H groups in total. The molecule has 0 unspecified atom stereocenters. The number of methoxy groups -OCH3 is 1. The van der Waals surface area contributed by atoms with E-state index in [9.17, 15) is 4.79 Å². The number of halogens is 1. The summed E-state index contributed by atoms with van der Waals surface area (Å²) in [5.74, 6) is -0.270. The highest BCUT2D eigenvalue weighted by Crippen LogP contribution is 2.17. The number of hydrogen-bond donors (Lipinski definition) is 0. The molecule has 1 aromatic heterocycles. The zero-order chi connectivity index (χ0) is 8.27. The van der Waals surface area contributed by atoms with E-state index < -0.39 is 0 Å². The number of hydrogen-bond acceptors (Lipinski definition) is 3. The average molecular weight is 235 g/mol. The molecule has 0 atom stereocenters. The number of rotatable bonds is 2. The summed E-state index contributed by atoms with van der Waals surface area (Å²) in [5, 5.41) is 2.58. The minimum Gasteiger partial charge on any atom is -0.465 e. The fourth-order valence-corrected chi connectivity index (χ4v) is 1.93. The molecule has 0 radical (unpaired) electrons. The van der Waals surface area contributed by atoms with Crippen molar-refractivity contribution in [2.24, 2.45) is 0 Å². The third-order valence-corrected chi connectivity index (χ3v) is 3.12. The Hall–Kier alpha value is -0.350. The van der Waals surface area contributed by atoms with Gasteiger partial charge in [-0.3, -0.25) is 0 Å². The van der Waals surface area contributed by atoms with Gasteiger partial charge in [-0.2, -0.15) is 0 Å². The molecule has 0 aliphatic heterocycles. The molecular formula is C7H7BrO2S. The number of thiophene rings is 1. The second kappa shape index (κ2) is 3.88. The molecule has 4 heteroatoms. The normalized spacial score (nSPS) is 9.64. The zero-order valence-corrected chi connectivity index (χ0v) is 8.37. The van der Waals surface area contributed by atoms with E-state index in [2.05, 4.69) is 20.7 Å². The lowest BCUT2D eigenvalue weighted by molar-refractivity contribution is 0.0601. The van der Waals surface area contributed by atoms with Gasteiger partial charge in [-0.15, -0.1) is 11.3 Å². The molecule has 0 saturated carbocycles. The van der Waals surface area contributed by atoms with Crippen LogP contribution in [0, 0.1) is 0 Å². The first-order valence-corrected chi connectivity index (χ1v) is 4.99. The molecule has 1 aromatic rings. The molecule has 11 heavy (non-hydrogen) atoms. The van der Waals surface area contributed by atoms with Gasteiger partial charge in [-0.25, -0.2) is 4.79 Å². The molecule has 0 fully saturated rings. The van der Waals surface area contributed by atoms with E-state index in [0.29, 0.717) is 5.56 Å². The second-order valence-corrected chi connectivity index (χ2v) is 3.48. The van der Waals surface area contributed by atoms with Gasteiger partial charge in [-0.05, 0) is 6.07 Å². The Bertz CT molecular complexity index is 257. The van der Waals surface area contributed by atoms with Gasteiger partial charge in [-0.1, -0.05) is 15.9 Å². The molecule has 0 aliphatic rings. The highest BCUT2D eigenvalue weighted by molar-refractivity contribution is 9.08. The van der Waals surface area contributed by atoms with Gasteiger partial charge in [0, 0.05) is 15.6 Å². The van der Waals surface area contributed by atoms with Gasteiger partial charge in [0.2, 0.25) is 0 Å². The molecule has 0 aliphatic carbocycles. The molecule has 0 bridgehead atoms. The Labute approximate surface area is 77.3 Å². The summed E-state index contributed by atoms with van der Waals surface area (Å²) in [6.07, 6.45) is 0. The lowest BCUT2D eigenvalue weighted by atomic mass is 10.3. The van der Waals surface area contributed by atoms with Crippen LogP contribution >= 0.6 is 27.3 Å². The third kappa shape index (κ3) is 2.04. The molecular weight excluding hydrogens is 228 g/mol. The first kappa shape index (κ1) is 8.74. The van der Waals surface area contributed by atoms with Crippen LogP contribution in [0.1, 0.15) is 15.2 Å². The largest absolute Gasteiger partial charge is 0.465 e. The monoisotopic (exact) mass is 234 g/mol. The van der Waals surface area contributed by atoms with Crippen molar-refractivity contribution in [1.29, 1.82) is 0 Å². The molecule has 0 aromatic carbocycles. The quantitative estimate of drug-likeness (QED) is 0.581. The van der Waals surface area contributed by atoms with Crippen molar-refractivity contribution in [3.63, 3.8) is 0 Å². The van der Waals surface area contributed by atoms with Crippen LogP contribution in [0.2, 0.25) is 0 Å². The van der Waals surface area contributed by atoms with Gasteiger partial charge in [0.1, 0.15) is 0 Å². The lowest BCUT2D eigenvalue weighted by Gasteiger charge is -1.91. The van der Waals surface area contributed by atoms with Crippen molar-refractivity contribution in [2.45, 2.75) is 5.33 Å². The van der Waals surface area contributed by atoms with Gasteiger partial charge >= 0.3 is 5.97 Å². The predicted octanol–water partition coefficient (Wildman–Crippen LogP) is 2.43. The molecule has 0 amide bonds. The first-order chi connectivity index (χ1) is 5.27. The van der Waals surface area contributed by atoms with E-state index in [1.165, 1.54) is 7.11 Å². The first-order valence-electron chi connectivity index (χ1n) is 2.99. The van der Waals surface area contributed by atoms with Crippen LogP contribution < -0.4 is 0 Å². The molecule has 0 spiro atoms. The van der Waals surface area contributed by atoms with Crippen molar-refractivity contribution in [1.82, 2.24) is 0 Å². The number of esters is 1. The van der Waals surface area contributed by atoms with E-state index >= 15 is 0 Å². The van der Waals surface area contributed by atoms with E-state index in [1.807, 2.05) is 6.07 Å². The second-order valence-electron chi connectivity index (χ2n) is 1.93. The predicted molar refractivity (Wildman–Crippen MR) is 48.3 cm³/mol. The Morgan fingerprint density at radius 2 is 2.55 bits per heavy atom. The average Bonchev–Trinajstić information content (AvgIpc) is 2.50. The summed E-state index contributed by atoms with van der Waals surface area (Å²) in [5.41, 5.74) is 0.631. The van der Waals surface area contributed by atoms with Crippen molar-refractivity contribution in [2.75, 3.05) is 7.11 Å². The van der Waals surface area contributed by atoms with E-state index in [1.54, 1.807) is 16.7 Å². The Morgan fingerprint density at radius 3 is 3.00 bits per heavy atom. The molecule has 2 nitrogen and oxygen atoms in total. The smallest absolute Gasteiger partial charge is 0.338 e. The Balaban J connectivity index is 2.80. The molecule has 1 rings (SSSR count). The SMILES string of the molecule is COC(=O)c1csc(CBr)c1. The van der Waals surface area contributed by atoms with Gasteiger partial charge < -0.3 is 4.74 Å². The fourth-order valence-electron chi connectivity index (χ4n) is 0.676. The summed E-state index contributed by atoms with van der Waals surface area (Å²) in [7, 11) is 1.38. The number of carbonyl (C=O) groups excluding carboxylic acids is 1. The van der Waals surface area contributed by atoms with Crippen LogP contribution in [0.5, 0.6) is 0 Å². The van der Waals surface area contributed by atoms with Crippen LogP contribution in [-0.2, 0) is 10.1 Å². The van der Waals surface area contributed by atoms with Crippen molar-refractivity contribution in [3.8, 4) is 0 Å². The van der Waals surface area contributed by atoms with Crippen LogP contribution in [0.25, 0.3) is 0 Å². The van der Waals surface area contributed by atoms with Crippen molar-refractivity contribution >= 4 is 33.2 Å². The van der Waals surface area contributed by atoms with Crippen LogP contribution in [-0.4, -0.2) is 13.1 Å². The zero-order valence-electron chi connectivity index (χ0n) is 5.96. The van der Waals surface area contributed by atoms with E-state index in [4.69, 9.17) is 0 Å². The molecule has 1 heterocycles. The van der Waals surface area contributed by atoms with Gasteiger partial charge in [0.25, 0.3) is 0 Å². The summed E-state index contributed by atoms with van der Waals surface area (Å²) >= 11 is 4.85. The van der Waals surface area contributed by atoms with Crippen LogP contribution in [0.15, 0.2) is 11.4 Å². The number of carbonyl (C=O) groups is 1. The maximum absolute atomic E-state index is 10.9. The number of ether oxygens (including phenoxy) is 1. The van der Waals surface area contributed by atoms with Crippen LogP contribution in [0.4, 0.5) is 0 Å². The van der Waals surface area contributed by atoms with Crippen molar-refractivity contribution < 1.29 is 9.53 Å². The summed E-state index contributed by atoms with van der Waals surface area (Å²) < 4.78 is 4.55. The van der Waals surface area contributed by atoms with Gasteiger partial charge in [0.15, 0.2) is 0 Å². The van der Waals surface area contributed by atoms with Crippen LogP contribution in [0.3, 0.4) is 0 Å². The minimum atomic E-state index is -0.270. The molecule has 60 valence electrons. The fraction of sp³-hybridized carbons (Fsp3) is 0.286. The summed E-state index contributed by atoms with van der Waals surface area (Å²) in [6.45, 7) is 0. The maximum Gasteiger partial charge on any atom is 0.338 e. The minimum absolute atomic E-state index is 0.270. The Kier molecular flexibility index (Phi) is 3.08. The van der Waals surface area contributed by atoms with Gasteiger partial charge in [0.05, 0.1) is 12.7 Å². The van der Waals surface area contributed by atoms with E-state index in [0.717, 1.165) is 10.2 Å². The summed E-state index contributed by atoms with van der Waals surface area (Å²) in [6, 6.07) is 1.82. The Morgan fingerprint density at radius 1 is 1.82 bits per heavy atom. The van der Waals surface area contributed by atoms with E-state index in [-0.39, 0.29) is 5.97 Å². The topological polar surface area (TPSA) is 26.3 Å². The highest BCUT2D eigenvalue weighted by Gasteiger charge is 2.06. The maximum atomic E-state index is 10.9. The lowest BCUT2D eigenvalue weighted by Crippen LogP contribution is -1.98. The molecule has 0 saturated heterocycles. The summed E-state index contributed by atoms with van der Waals surface area (Å²) in [4.78, 5) is 12.0. The van der Waals surface area contributed by atoms with Crippen molar-refractivity contribution in [3.05, 3.63) is 21.9 Å². The highest BCUT2D eigenvalue weighted by atomic mass is 79.9.